The number of hydrogen-bond donors (Lipinski definition) is 0. The van der Waals surface area contributed by atoms with Gasteiger partial charge in [0.15, 0.2) is 0 Å². The van der Waals surface area contributed by atoms with Gasteiger partial charge in [-0.2, -0.15) is 0 Å². The predicted octanol–water partition coefficient (Wildman–Crippen LogP) is 1.93. The summed E-state index contributed by atoms with van der Waals surface area (Å²) in [6, 6.07) is 5.66. The Balaban J connectivity index is 1.62. The fraction of sp³-hybridized carbons (Fsp3) is 0.562. The van der Waals surface area contributed by atoms with Crippen LogP contribution in [-0.4, -0.2) is 38.9 Å². The van der Waals surface area contributed by atoms with E-state index in [-0.39, 0.29) is 23.1 Å². The summed E-state index contributed by atoms with van der Waals surface area (Å²) < 4.78 is 44.4. The summed E-state index contributed by atoms with van der Waals surface area (Å²) >= 11 is 0. The minimum atomic E-state index is -3.47. The molecule has 2 aliphatic rings. The fourth-order valence-electron chi connectivity index (χ4n) is 3.51. The number of halogens is 1. The Hall–Kier alpha value is -1.47. The molecule has 0 aromatic heterocycles. The second-order valence-corrected chi connectivity index (χ2v) is 8.40. The fourth-order valence-corrected chi connectivity index (χ4v) is 5.04. The highest BCUT2D eigenvalue weighted by atomic mass is 32.2. The van der Waals surface area contributed by atoms with Crippen molar-refractivity contribution in [1.82, 2.24) is 4.31 Å². The summed E-state index contributed by atoms with van der Waals surface area (Å²) in [6.07, 6.45) is 2.14. The molecule has 1 aromatic rings. The zero-order valence-corrected chi connectivity index (χ0v) is 13.8. The van der Waals surface area contributed by atoms with Gasteiger partial charge in [-0.25, -0.2) is 17.1 Å². The molecule has 1 spiro atoms. The number of rotatable bonds is 4. The highest BCUT2D eigenvalue weighted by Gasteiger charge is 2.59. The molecule has 1 saturated carbocycles. The van der Waals surface area contributed by atoms with Crippen LogP contribution < -0.4 is 0 Å². The predicted molar refractivity (Wildman–Crippen MR) is 82.4 cm³/mol. The van der Waals surface area contributed by atoms with Crippen LogP contribution in [0.4, 0.5) is 4.39 Å². The zero-order chi connectivity index (χ0) is 16.7. The summed E-state index contributed by atoms with van der Waals surface area (Å²) in [7, 11) is -2.09. The molecule has 1 saturated heterocycles. The Morgan fingerprint density at radius 1 is 1.39 bits per heavy atom. The molecule has 7 heteroatoms. The lowest BCUT2D eigenvalue weighted by atomic mass is 9.92. The number of carbonyl (C=O) groups excluding carboxylic acids is 1. The molecule has 126 valence electrons. The van der Waals surface area contributed by atoms with Gasteiger partial charge in [-0.15, -0.1) is 0 Å². The number of benzene rings is 1. The van der Waals surface area contributed by atoms with Crippen LogP contribution >= 0.6 is 0 Å². The van der Waals surface area contributed by atoms with E-state index >= 15 is 0 Å². The van der Waals surface area contributed by atoms with Crippen molar-refractivity contribution in [3.05, 3.63) is 35.6 Å². The standard InChI is InChI=1S/C16H20FNO4S/c1-22-15(19)14-10-16(14)5-7-18(8-6-16)23(20,21)11-12-3-2-4-13(17)9-12/h2-4,9,14H,5-8,10-11H2,1H3/t14-/m1/s1. The third-order valence-corrected chi connectivity index (χ3v) is 6.88. The Bertz CT molecular complexity index is 711. The number of ether oxygens (including phenoxy) is 1. The van der Waals surface area contributed by atoms with Gasteiger partial charge in [-0.3, -0.25) is 4.79 Å². The van der Waals surface area contributed by atoms with Gasteiger partial charge >= 0.3 is 5.97 Å². The van der Waals surface area contributed by atoms with E-state index in [4.69, 9.17) is 4.74 Å². The highest BCUT2D eigenvalue weighted by molar-refractivity contribution is 7.88. The first-order valence-corrected chi connectivity index (χ1v) is 9.27. The third-order valence-electron chi connectivity index (χ3n) is 5.03. The van der Waals surface area contributed by atoms with E-state index in [1.54, 1.807) is 6.07 Å². The maximum atomic E-state index is 13.2. The maximum absolute atomic E-state index is 13.2. The third kappa shape index (κ3) is 3.26. The molecule has 2 fully saturated rings. The minimum Gasteiger partial charge on any atom is -0.469 e. The van der Waals surface area contributed by atoms with Gasteiger partial charge in [-0.1, -0.05) is 12.1 Å². The quantitative estimate of drug-likeness (QED) is 0.785. The average molecular weight is 341 g/mol. The van der Waals surface area contributed by atoms with Gasteiger partial charge in [-0.05, 0) is 42.4 Å². The number of sulfonamides is 1. The molecule has 1 aliphatic heterocycles. The summed E-state index contributed by atoms with van der Waals surface area (Å²) in [5.74, 6) is -0.908. The van der Waals surface area contributed by atoms with Crippen molar-refractivity contribution < 1.29 is 22.3 Å². The van der Waals surface area contributed by atoms with Crippen molar-refractivity contribution in [1.29, 1.82) is 0 Å². The van der Waals surface area contributed by atoms with Crippen LogP contribution in [0.3, 0.4) is 0 Å². The summed E-state index contributed by atoms with van der Waals surface area (Å²) in [5, 5.41) is 0. The van der Waals surface area contributed by atoms with Crippen molar-refractivity contribution in [3.8, 4) is 0 Å². The van der Waals surface area contributed by atoms with E-state index in [0.29, 0.717) is 31.5 Å². The van der Waals surface area contributed by atoms with Crippen LogP contribution in [0.1, 0.15) is 24.8 Å². The topological polar surface area (TPSA) is 63.7 Å². The van der Waals surface area contributed by atoms with Crippen molar-refractivity contribution in [2.75, 3.05) is 20.2 Å². The summed E-state index contributed by atoms with van der Waals surface area (Å²) in [4.78, 5) is 11.6. The number of piperidine rings is 1. The molecule has 0 bridgehead atoms. The van der Waals surface area contributed by atoms with E-state index in [0.717, 1.165) is 6.42 Å². The second-order valence-electron chi connectivity index (χ2n) is 6.43. The van der Waals surface area contributed by atoms with Gasteiger partial charge in [0, 0.05) is 13.1 Å². The number of methoxy groups -OCH3 is 1. The van der Waals surface area contributed by atoms with Crippen LogP contribution in [0.2, 0.25) is 0 Å². The first-order chi connectivity index (χ1) is 10.9. The molecule has 0 unspecified atom stereocenters. The van der Waals surface area contributed by atoms with Crippen LogP contribution in [0.25, 0.3) is 0 Å². The largest absolute Gasteiger partial charge is 0.469 e. The minimum absolute atomic E-state index is 0.0715. The average Bonchev–Trinajstić information content (AvgIpc) is 3.20. The maximum Gasteiger partial charge on any atom is 0.309 e. The van der Waals surface area contributed by atoms with Crippen molar-refractivity contribution in [2.45, 2.75) is 25.0 Å². The van der Waals surface area contributed by atoms with Crippen LogP contribution in [0.15, 0.2) is 24.3 Å². The van der Waals surface area contributed by atoms with Gasteiger partial charge in [0.1, 0.15) is 5.82 Å². The molecule has 0 radical (unpaired) electrons. The Kier molecular flexibility index (Phi) is 4.18. The van der Waals surface area contributed by atoms with Crippen molar-refractivity contribution in [3.63, 3.8) is 0 Å². The van der Waals surface area contributed by atoms with E-state index < -0.39 is 15.8 Å². The smallest absolute Gasteiger partial charge is 0.309 e. The highest BCUT2D eigenvalue weighted by Crippen LogP contribution is 2.59. The normalized spacial score (nSPS) is 23.7. The summed E-state index contributed by atoms with van der Waals surface area (Å²) in [5.41, 5.74) is 0.377. The van der Waals surface area contributed by atoms with Crippen LogP contribution in [-0.2, 0) is 25.3 Å². The van der Waals surface area contributed by atoms with Gasteiger partial charge < -0.3 is 4.74 Å². The monoisotopic (exact) mass is 341 g/mol. The number of carbonyl (C=O) groups is 1. The molecule has 1 atom stereocenters. The second kappa shape index (κ2) is 5.87. The summed E-state index contributed by atoms with van der Waals surface area (Å²) in [6.45, 7) is 0.816. The molecule has 0 N–H and O–H groups in total. The molecule has 23 heavy (non-hydrogen) atoms. The zero-order valence-electron chi connectivity index (χ0n) is 13.0. The van der Waals surface area contributed by atoms with Crippen molar-refractivity contribution >= 4 is 16.0 Å². The van der Waals surface area contributed by atoms with Crippen LogP contribution in [0.5, 0.6) is 0 Å². The van der Waals surface area contributed by atoms with E-state index in [1.807, 2.05) is 0 Å². The molecule has 1 heterocycles. The van der Waals surface area contributed by atoms with E-state index in [2.05, 4.69) is 0 Å². The van der Waals surface area contributed by atoms with Gasteiger partial charge in [0.2, 0.25) is 10.0 Å². The lowest BCUT2D eigenvalue weighted by Crippen LogP contribution is -2.40. The molecule has 1 aliphatic carbocycles. The Morgan fingerprint density at radius 3 is 2.70 bits per heavy atom. The molecule has 0 amide bonds. The SMILES string of the molecule is COC(=O)[C@H]1CC12CCN(S(=O)(=O)Cc1cccc(F)c1)CC2. The van der Waals surface area contributed by atoms with E-state index in [9.17, 15) is 17.6 Å². The van der Waals surface area contributed by atoms with Gasteiger partial charge in [0.05, 0.1) is 18.8 Å². The lowest BCUT2D eigenvalue weighted by molar-refractivity contribution is -0.143. The molecule has 1 aromatic carbocycles. The number of hydrogen-bond acceptors (Lipinski definition) is 4. The molecular weight excluding hydrogens is 321 g/mol. The van der Waals surface area contributed by atoms with Crippen molar-refractivity contribution in [2.24, 2.45) is 11.3 Å². The Labute approximate surface area is 135 Å². The van der Waals surface area contributed by atoms with Crippen LogP contribution in [0, 0.1) is 17.2 Å². The molecular formula is C16H20FNO4S. The number of nitrogens with zero attached hydrogens (tertiary/aromatic N) is 1. The first-order valence-electron chi connectivity index (χ1n) is 7.66. The van der Waals surface area contributed by atoms with Gasteiger partial charge in [0.25, 0.3) is 0 Å². The lowest BCUT2D eigenvalue weighted by Gasteiger charge is -2.31. The van der Waals surface area contributed by atoms with E-state index in [1.165, 1.54) is 29.6 Å². The first kappa shape index (κ1) is 16.4. The Morgan fingerprint density at radius 2 is 2.09 bits per heavy atom. The molecule has 3 rings (SSSR count). The number of esters is 1. The molecule has 5 nitrogen and oxygen atoms in total.